The molecule has 0 aromatic carbocycles. The normalized spacial score (nSPS) is 13.1. The van der Waals surface area contributed by atoms with Crippen molar-refractivity contribution in [3.05, 3.63) is 0 Å². The number of sulfone groups is 1. The van der Waals surface area contributed by atoms with Crippen LogP contribution in [0.15, 0.2) is 0 Å². The van der Waals surface area contributed by atoms with Gasteiger partial charge in [-0.05, 0) is 0 Å². The molecule has 0 aliphatic rings. The van der Waals surface area contributed by atoms with Crippen LogP contribution in [-0.4, -0.2) is 26.2 Å². The molecule has 0 unspecified atom stereocenters. The lowest BCUT2D eigenvalue weighted by molar-refractivity contribution is -0.123. The van der Waals surface area contributed by atoms with Crippen molar-refractivity contribution in [2.75, 3.05) is 12.0 Å². The minimum Gasteiger partial charge on any atom is -0.298 e. The average molecular weight is 178 g/mol. The molecule has 0 fully saturated rings. The number of ketones is 1. The van der Waals surface area contributed by atoms with Crippen LogP contribution >= 0.6 is 0 Å². The third kappa shape index (κ3) is 4.95. The van der Waals surface area contributed by atoms with E-state index >= 15 is 0 Å². The summed E-state index contributed by atoms with van der Waals surface area (Å²) in [6.45, 7) is 5.13. The Labute approximate surface area is 67.7 Å². The molecule has 11 heavy (non-hydrogen) atoms. The summed E-state index contributed by atoms with van der Waals surface area (Å²) in [5.74, 6) is -0.587. The molecular formula is C7H14O3S. The number of rotatable bonds is 2. The van der Waals surface area contributed by atoms with Crippen molar-refractivity contribution in [1.82, 2.24) is 0 Å². The van der Waals surface area contributed by atoms with Gasteiger partial charge in [0.05, 0.1) is 0 Å². The summed E-state index contributed by atoms with van der Waals surface area (Å²) in [6.07, 6.45) is 1.07. The Kier molecular flexibility index (Phi) is 2.83. The Morgan fingerprint density at radius 1 is 1.27 bits per heavy atom. The Bertz CT molecular complexity index is 243. The molecule has 0 saturated carbocycles. The number of carbonyl (C=O) groups excluding carboxylic acids is 1. The molecular weight excluding hydrogens is 164 g/mol. The van der Waals surface area contributed by atoms with E-state index in [9.17, 15) is 13.2 Å². The molecule has 0 heterocycles. The summed E-state index contributed by atoms with van der Waals surface area (Å²) in [7, 11) is -3.16. The molecule has 0 bridgehead atoms. The molecule has 0 saturated heterocycles. The van der Waals surface area contributed by atoms with Crippen LogP contribution in [0.1, 0.15) is 20.8 Å². The van der Waals surface area contributed by atoms with E-state index in [4.69, 9.17) is 0 Å². The molecule has 0 atom stereocenters. The van der Waals surface area contributed by atoms with Gasteiger partial charge in [-0.25, -0.2) is 8.42 Å². The second-order valence-corrected chi connectivity index (χ2v) is 5.88. The summed E-state index contributed by atoms with van der Waals surface area (Å²) in [5.41, 5.74) is -0.552. The van der Waals surface area contributed by atoms with E-state index in [-0.39, 0.29) is 11.5 Å². The lowest BCUT2D eigenvalue weighted by atomic mass is 9.92. The van der Waals surface area contributed by atoms with Crippen molar-refractivity contribution < 1.29 is 13.2 Å². The average Bonchev–Trinajstić information content (AvgIpc) is 1.56. The maximum absolute atomic E-state index is 11.1. The van der Waals surface area contributed by atoms with Gasteiger partial charge in [0.15, 0.2) is 15.6 Å². The molecule has 0 amide bonds. The van der Waals surface area contributed by atoms with Crippen molar-refractivity contribution in [2.24, 2.45) is 5.41 Å². The van der Waals surface area contributed by atoms with Crippen molar-refractivity contribution in [1.29, 1.82) is 0 Å². The highest BCUT2D eigenvalue weighted by Crippen LogP contribution is 2.14. The zero-order valence-electron chi connectivity index (χ0n) is 7.34. The Hall–Kier alpha value is -0.380. The number of hydrogen-bond acceptors (Lipinski definition) is 3. The smallest absolute Gasteiger partial charge is 0.154 e. The second-order valence-electron chi connectivity index (χ2n) is 3.74. The SMILES string of the molecule is CC(C)(C)C(=O)CS(C)(=O)=O. The Balaban J connectivity index is 4.35. The lowest BCUT2D eigenvalue weighted by Gasteiger charge is -2.15. The Morgan fingerprint density at radius 2 is 1.64 bits per heavy atom. The van der Waals surface area contributed by atoms with Crippen molar-refractivity contribution in [3.63, 3.8) is 0 Å². The molecule has 4 heteroatoms. The predicted octanol–water partition coefficient (Wildman–Crippen LogP) is 0.646. The van der Waals surface area contributed by atoms with Crippen LogP contribution in [0.4, 0.5) is 0 Å². The van der Waals surface area contributed by atoms with Crippen LogP contribution in [0.2, 0.25) is 0 Å². The first-order valence-electron chi connectivity index (χ1n) is 3.34. The van der Waals surface area contributed by atoms with Gasteiger partial charge in [-0.3, -0.25) is 4.79 Å². The summed E-state index contributed by atoms with van der Waals surface area (Å²) in [5, 5.41) is 0. The molecule has 0 radical (unpaired) electrons. The number of hydrogen-bond donors (Lipinski definition) is 0. The van der Waals surface area contributed by atoms with E-state index in [0.29, 0.717) is 0 Å². The van der Waals surface area contributed by atoms with Crippen molar-refractivity contribution in [3.8, 4) is 0 Å². The summed E-state index contributed by atoms with van der Waals surface area (Å²) >= 11 is 0. The molecule has 0 spiro atoms. The third-order valence-corrected chi connectivity index (χ3v) is 2.02. The topological polar surface area (TPSA) is 51.2 Å². The van der Waals surface area contributed by atoms with Crippen LogP contribution in [0.3, 0.4) is 0 Å². The predicted molar refractivity (Wildman–Crippen MR) is 44.2 cm³/mol. The van der Waals surface area contributed by atoms with Crippen LogP contribution < -0.4 is 0 Å². The number of carbonyl (C=O) groups is 1. The molecule has 66 valence electrons. The van der Waals surface area contributed by atoms with Gasteiger partial charge in [-0.1, -0.05) is 20.8 Å². The summed E-state index contributed by atoms with van der Waals surface area (Å²) in [6, 6.07) is 0. The van der Waals surface area contributed by atoms with Crippen LogP contribution in [-0.2, 0) is 14.6 Å². The van der Waals surface area contributed by atoms with E-state index in [1.165, 1.54) is 0 Å². The standard InChI is InChI=1S/C7H14O3S/c1-7(2,3)6(8)5-11(4,9)10/h5H2,1-4H3. The zero-order valence-corrected chi connectivity index (χ0v) is 8.16. The van der Waals surface area contributed by atoms with E-state index in [1.54, 1.807) is 20.8 Å². The van der Waals surface area contributed by atoms with Gasteiger partial charge < -0.3 is 0 Å². The van der Waals surface area contributed by atoms with Gasteiger partial charge in [-0.2, -0.15) is 0 Å². The first kappa shape index (κ1) is 10.6. The third-order valence-electron chi connectivity index (χ3n) is 1.23. The largest absolute Gasteiger partial charge is 0.298 e. The maximum Gasteiger partial charge on any atom is 0.154 e. The van der Waals surface area contributed by atoms with Crippen molar-refractivity contribution >= 4 is 15.6 Å². The maximum atomic E-state index is 11.1. The minimum atomic E-state index is -3.16. The fraction of sp³-hybridized carbons (Fsp3) is 0.857. The van der Waals surface area contributed by atoms with E-state index in [2.05, 4.69) is 0 Å². The molecule has 0 aliphatic carbocycles. The molecule has 0 aliphatic heterocycles. The van der Waals surface area contributed by atoms with E-state index < -0.39 is 15.3 Å². The van der Waals surface area contributed by atoms with E-state index in [1.807, 2.05) is 0 Å². The molecule has 0 aromatic rings. The fourth-order valence-electron chi connectivity index (χ4n) is 0.455. The monoisotopic (exact) mass is 178 g/mol. The van der Waals surface area contributed by atoms with Crippen molar-refractivity contribution in [2.45, 2.75) is 20.8 Å². The summed E-state index contributed by atoms with van der Waals surface area (Å²) in [4.78, 5) is 11.1. The quantitative estimate of drug-likeness (QED) is 0.623. The minimum absolute atomic E-state index is 0.236. The number of Topliss-reactive ketones (excluding diaryl/α,β-unsaturated/α-hetero) is 1. The first-order valence-corrected chi connectivity index (χ1v) is 5.40. The second kappa shape index (κ2) is 2.93. The van der Waals surface area contributed by atoms with Gasteiger partial charge in [0, 0.05) is 11.7 Å². The lowest BCUT2D eigenvalue weighted by Crippen LogP contribution is -2.27. The van der Waals surface area contributed by atoms with Crippen LogP contribution in [0.5, 0.6) is 0 Å². The van der Waals surface area contributed by atoms with Gasteiger partial charge in [0.25, 0.3) is 0 Å². The molecule has 0 N–H and O–H groups in total. The van der Waals surface area contributed by atoms with Gasteiger partial charge in [0.1, 0.15) is 5.75 Å². The molecule has 0 rings (SSSR count). The molecule has 0 aromatic heterocycles. The van der Waals surface area contributed by atoms with Gasteiger partial charge in [0.2, 0.25) is 0 Å². The van der Waals surface area contributed by atoms with Crippen LogP contribution in [0, 0.1) is 5.41 Å². The highest BCUT2D eigenvalue weighted by Gasteiger charge is 2.24. The highest BCUT2D eigenvalue weighted by atomic mass is 32.2. The van der Waals surface area contributed by atoms with Gasteiger partial charge >= 0.3 is 0 Å². The highest BCUT2D eigenvalue weighted by molar-refractivity contribution is 7.91. The van der Waals surface area contributed by atoms with Crippen LogP contribution in [0.25, 0.3) is 0 Å². The zero-order chi connectivity index (χ0) is 9.28. The Morgan fingerprint density at radius 3 is 1.73 bits per heavy atom. The summed E-state index contributed by atoms with van der Waals surface area (Å²) < 4.78 is 21.3. The fourth-order valence-corrected chi connectivity index (χ4v) is 1.36. The molecule has 3 nitrogen and oxygen atoms in total. The van der Waals surface area contributed by atoms with Gasteiger partial charge in [-0.15, -0.1) is 0 Å². The first-order chi connectivity index (χ1) is 4.63. The van der Waals surface area contributed by atoms with E-state index in [0.717, 1.165) is 6.26 Å².